The number of rotatable bonds is 1. The lowest BCUT2D eigenvalue weighted by Crippen LogP contribution is -1.92. The van der Waals surface area contributed by atoms with Gasteiger partial charge in [-0.05, 0) is 18.2 Å². The highest BCUT2D eigenvalue weighted by atomic mass is 16.4. The van der Waals surface area contributed by atoms with E-state index in [4.69, 9.17) is 4.42 Å². The Labute approximate surface area is 95.0 Å². The molecule has 84 valence electrons. The normalized spacial score (nSPS) is 15.4. The summed E-state index contributed by atoms with van der Waals surface area (Å²) >= 11 is 0. The van der Waals surface area contributed by atoms with Gasteiger partial charge >= 0.3 is 5.76 Å². The van der Waals surface area contributed by atoms with Crippen molar-refractivity contribution in [3.05, 3.63) is 40.3 Å². The van der Waals surface area contributed by atoms with E-state index in [-0.39, 0.29) is 11.6 Å². The summed E-state index contributed by atoms with van der Waals surface area (Å²) < 4.78 is 4.76. The van der Waals surface area contributed by atoms with Crippen LogP contribution in [0.1, 0.15) is 11.5 Å². The first-order valence-corrected chi connectivity index (χ1v) is 4.87. The van der Waals surface area contributed by atoms with Crippen LogP contribution in [-0.2, 0) is 0 Å². The van der Waals surface area contributed by atoms with Crippen LogP contribution >= 0.6 is 0 Å². The van der Waals surface area contributed by atoms with Crippen LogP contribution in [0.3, 0.4) is 0 Å². The highest BCUT2D eigenvalue weighted by molar-refractivity contribution is 6.20. The lowest BCUT2D eigenvalue weighted by Gasteiger charge is -1.96. The first kappa shape index (κ1) is 9.59. The molecule has 0 saturated carbocycles. The molecular formula is C11H7N3O3. The van der Waals surface area contributed by atoms with Crippen molar-refractivity contribution in [1.29, 1.82) is 0 Å². The molecule has 0 saturated heterocycles. The SMILES string of the molecule is O=c1[nH]c(O)c(/C=C2\C=Nc3cccnc32)o1. The fourth-order valence-electron chi connectivity index (χ4n) is 1.60. The van der Waals surface area contributed by atoms with Crippen LogP contribution in [0.15, 0.2) is 32.5 Å². The predicted molar refractivity (Wildman–Crippen MR) is 61.3 cm³/mol. The molecule has 0 bridgehead atoms. The Bertz CT molecular complexity index is 694. The van der Waals surface area contributed by atoms with Crippen molar-refractivity contribution < 1.29 is 9.52 Å². The molecule has 0 atom stereocenters. The van der Waals surface area contributed by atoms with E-state index >= 15 is 0 Å². The molecule has 3 heterocycles. The Morgan fingerprint density at radius 3 is 3.12 bits per heavy atom. The number of aromatic amines is 1. The second-order valence-corrected chi connectivity index (χ2v) is 3.46. The standard InChI is InChI=1S/C11H7N3O3/c15-10-8(17-11(16)14-10)4-6-5-13-7-2-1-3-12-9(6)7/h1-5,15H,(H,14,16)/b6-4+. The summed E-state index contributed by atoms with van der Waals surface area (Å²) in [6, 6.07) is 3.61. The third kappa shape index (κ3) is 1.55. The minimum absolute atomic E-state index is 0.0648. The molecule has 0 unspecified atom stereocenters. The molecule has 0 aliphatic carbocycles. The highest BCUT2D eigenvalue weighted by Crippen LogP contribution is 2.30. The highest BCUT2D eigenvalue weighted by Gasteiger charge is 2.15. The molecule has 1 aliphatic heterocycles. The summed E-state index contributed by atoms with van der Waals surface area (Å²) in [5.74, 6) is -0.944. The van der Waals surface area contributed by atoms with Gasteiger partial charge in [0.05, 0.1) is 11.4 Å². The number of pyridine rings is 1. The summed E-state index contributed by atoms with van der Waals surface area (Å²) in [6.07, 6.45) is 4.76. The van der Waals surface area contributed by atoms with E-state index in [0.29, 0.717) is 11.3 Å². The Morgan fingerprint density at radius 2 is 2.35 bits per heavy atom. The molecular weight excluding hydrogens is 222 g/mol. The van der Waals surface area contributed by atoms with Crippen molar-refractivity contribution in [1.82, 2.24) is 9.97 Å². The largest absolute Gasteiger partial charge is 0.492 e. The molecule has 2 N–H and O–H groups in total. The van der Waals surface area contributed by atoms with Gasteiger partial charge in [0, 0.05) is 18.0 Å². The van der Waals surface area contributed by atoms with Crippen molar-refractivity contribution >= 4 is 23.6 Å². The Kier molecular flexibility index (Phi) is 1.94. The second-order valence-electron chi connectivity index (χ2n) is 3.46. The van der Waals surface area contributed by atoms with Crippen molar-refractivity contribution in [3.8, 4) is 5.88 Å². The van der Waals surface area contributed by atoms with Gasteiger partial charge in [-0.2, -0.15) is 0 Å². The van der Waals surface area contributed by atoms with Gasteiger partial charge in [0.2, 0.25) is 5.88 Å². The van der Waals surface area contributed by atoms with Gasteiger partial charge in [-0.15, -0.1) is 0 Å². The topological polar surface area (TPSA) is 91.5 Å². The Morgan fingerprint density at radius 1 is 1.47 bits per heavy atom. The number of hydrogen-bond donors (Lipinski definition) is 2. The van der Waals surface area contributed by atoms with Gasteiger partial charge < -0.3 is 9.52 Å². The maximum absolute atomic E-state index is 10.9. The van der Waals surface area contributed by atoms with Gasteiger partial charge in [0.25, 0.3) is 0 Å². The van der Waals surface area contributed by atoms with Gasteiger partial charge in [-0.1, -0.05) is 0 Å². The summed E-state index contributed by atoms with van der Waals surface area (Å²) in [5, 5.41) is 9.38. The number of fused-ring (bicyclic) bond motifs is 1. The van der Waals surface area contributed by atoms with Crippen LogP contribution in [0.25, 0.3) is 11.6 Å². The fourth-order valence-corrected chi connectivity index (χ4v) is 1.60. The van der Waals surface area contributed by atoms with Crippen LogP contribution < -0.4 is 5.76 Å². The molecule has 1 aliphatic rings. The molecule has 6 heteroatoms. The van der Waals surface area contributed by atoms with E-state index in [1.54, 1.807) is 18.5 Å². The van der Waals surface area contributed by atoms with Crippen molar-refractivity contribution in [2.45, 2.75) is 0 Å². The van der Waals surface area contributed by atoms with Gasteiger partial charge in [-0.3, -0.25) is 15.0 Å². The van der Waals surface area contributed by atoms with E-state index in [0.717, 1.165) is 5.69 Å². The summed E-state index contributed by atoms with van der Waals surface area (Å²) in [5.41, 5.74) is 2.12. The maximum Gasteiger partial charge on any atom is 0.419 e. The number of aromatic nitrogens is 2. The van der Waals surface area contributed by atoms with Crippen LogP contribution in [0.5, 0.6) is 5.88 Å². The van der Waals surface area contributed by atoms with Crippen molar-refractivity contribution in [2.75, 3.05) is 0 Å². The lowest BCUT2D eigenvalue weighted by molar-refractivity contribution is 0.443. The van der Waals surface area contributed by atoms with E-state index in [1.165, 1.54) is 6.08 Å². The third-order valence-corrected chi connectivity index (χ3v) is 2.35. The minimum atomic E-state index is -0.703. The molecule has 3 rings (SSSR count). The molecule has 2 aromatic rings. The Hall–Kier alpha value is -2.63. The summed E-state index contributed by atoms with van der Waals surface area (Å²) in [7, 11) is 0. The van der Waals surface area contributed by atoms with Gasteiger partial charge in [-0.25, -0.2) is 4.79 Å². The van der Waals surface area contributed by atoms with E-state index < -0.39 is 5.76 Å². The number of nitrogens with zero attached hydrogens (tertiary/aromatic N) is 2. The number of oxazole rings is 1. The lowest BCUT2D eigenvalue weighted by atomic mass is 10.1. The molecule has 0 amide bonds. The molecule has 0 spiro atoms. The first-order chi connectivity index (χ1) is 8.24. The average molecular weight is 229 g/mol. The molecule has 0 radical (unpaired) electrons. The van der Waals surface area contributed by atoms with Crippen LogP contribution in [0, 0.1) is 0 Å². The zero-order chi connectivity index (χ0) is 11.8. The van der Waals surface area contributed by atoms with Crippen molar-refractivity contribution in [2.24, 2.45) is 4.99 Å². The van der Waals surface area contributed by atoms with Gasteiger partial charge in [0.15, 0.2) is 5.76 Å². The van der Waals surface area contributed by atoms with Crippen LogP contribution in [-0.4, -0.2) is 21.3 Å². The molecule has 0 aromatic carbocycles. The van der Waals surface area contributed by atoms with E-state index in [2.05, 4.69) is 15.0 Å². The van der Waals surface area contributed by atoms with E-state index in [1.807, 2.05) is 6.07 Å². The maximum atomic E-state index is 10.9. The molecule has 17 heavy (non-hydrogen) atoms. The summed E-state index contributed by atoms with van der Waals surface area (Å²) in [6.45, 7) is 0. The zero-order valence-corrected chi connectivity index (χ0v) is 8.54. The van der Waals surface area contributed by atoms with E-state index in [9.17, 15) is 9.90 Å². The zero-order valence-electron chi connectivity index (χ0n) is 8.54. The second kappa shape index (κ2) is 3.44. The van der Waals surface area contributed by atoms with Crippen LogP contribution in [0.2, 0.25) is 0 Å². The quantitative estimate of drug-likeness (QED) is 0.771. The fraction of sp³-hybridized carbons (Fsp3) is 0. The number of aliphatic imine (C=N–C) groups is 1. The minimum Gasteiger partial charge on any atom is -0.492 e. The predicted octanol–water partition coefficient (Wildman–Crippen LogP) is 1.32. The first-order valence-electron chi connectivity index (χ1n) is 4.87. The van der Waals surface area contributed by atoms with Crippen molar-refractivity contribution in [3.63, 3.8) is 0 Å². The monoisotopic (exact) mass is 229 g/mol. The average Bonchev–Trinajstić information content (AvgIpc) is 2.85. The molecule has 6 nitrogen and oxygen atoms in total. The summed E-state index contributed by atoms with van der Waals surface area (Å²) in [4.78, 5) is 21.3. The molecule has 2 aromatic heterocycles. The smallest absolute Gasteiger partial charge is 0.419 e. The molecule has 0 fully saturated rings. The van der Waals surface area contributed by atoms with Gasteiger partial charge in [0.1, 0.15) is 0 Å². The third-order valence-electron chi connectivity index (χ3n) is 2.35. The number of hydrogen-bond acceptors (Lipinski definition) is 5. The van der Waals surface area contributed by atoms with Crippen LogP contribution in [0.4, 0.5) is 5.69 Å². The number of aromatic hydroxyl groups is 1. The number of allylic oxidation sites excluding steroid dienone is 1. The number of H-pyrrole nitrogens is 1. The Balaban J connectivity index is 2.11. The number of nitrogens with one attached hydrogen (secondary N) is 1.